The fourth-order valence-corrected chi connectivity index (χ4v) is 1.87. The average molecular weight is 264 g/mol. The Morgan fingerprint density at radius 1 is 1.47 bits per heavy atom. The highest BCUT2D eigenvalue weighted by Gasteiger charge is 2.21. The molecule has 2 aromatic rings. The molecule has 0 radical (unpaired) electrons. The molecule has 0 atom stereocenters. The molecule has 102 valence electrons. The largest absolute Gasteiger partial charge is 0.481 e. The maximum Gasteiger partial charge on any atom is 0.417 e. The molecule has 1 aromatic carbocycles. The van der Waals surface area contributed by atoms with Gasteiger partial charge in [-0.05, 0) is 17.5 Å². The van der Waals surface area contributed by atoms with Gasteiger partial charge in [-0.25, -0.2) is 4.79 Å². The van der Waals surface area contributed by atoms with Gasteiger partial charge in [0.05, 0.1) is 11.9 Å². The maximum atomic E-state index is 11.0. The lowest BCUT2D eigenvalue weighted by atomic mass is 9.89. The van der Waals surface area contributed by atoms with Gasteiger partial charge >= 0.3 is 11.7 Å². The van der Waals surface area contributed by atoms with Crippen LogP contribution < -0.4 is 11.1 Å². The van der Waals surface area contributed by atoms with E-state index in [4.69, 9.17) is 9.52 Å². The fraction of sp³-hybridized carbons (Fsp3) is 0.385. The van der Waals surface area contributed by atoms with Crippen LogP contribution in [0.4, 0.5) is 5.69 Å². The molecule has 1 aromatic heterocycles. The zero-order valence-corrected chi connectivity index (χ0v) is 10.8. The van der Waals surface area contributed by atoms with Gasteiger partial charge in [-0.1, -0.05) is 13.8 Å². The minimum Gasteiger partial charge on any atom is -0.481 e. The quantitative estimate of drug-likeness (QED) is 0.768. The summed E-state index contributed by atoms with van der Waals surface area (Å²) in [7, 11) is 0. The van der Waals surface area contributed by atoms with Crippen LogP contribution in [0.2, 0.25) is 0 Å². The second kappa shape index (κ2) is 4.79. The second-order valence-corrected chi connectivity index (χ2v) is 5.31. The molecule has 0 bridgehead atoms. The van der Waals surface area contributed by atoms with E-state index in [1.54, 1.807) is 12.1 Å². The summed E-state index contributed by atoms with van der Waals surface area (Å²) in [4.78, 5) is 24.3. The van der Waals surface area contributed by atoms with Crippen molar-refractivity contribution in [1.29, 1.82) is 0 Å². The van der Waals surface area contributed by atoms with Crippen LogP contribution in [0.25, 0.3) is 11.1 Å². The van der Waals surface area contributed by atoms with E-state index in [1.807, 2.05) is 19.9 Å². The van der Waals surface area contributed by atoms with Crippen molar-refractivity contribution in [2.45, 2.75) is 20.3 Å². The van der Waals surface area contributed by atoms with E-state index in [0.29, 0.717) is 17.6 Å². The summed E-state index contributed by atoms with van der Waals surface area (Å²) >= 11 is 0. The van der Waals surface area contributed by atoms with Gasteiger partial charge in [-0.2, -0.15) is 0 Å². The highest BCUT2D eigenvalue weighted by molar-refractivity contribution is 5.76. The van der Waals surface area contributed by atoms with Crippen LogP contribution >= 0.6 is 0 Å². The Kier molecular flexibility index (Phi) is 3.33. The van der Waals surface area contributed by atoms with Gasteiger partial charge in [0.25, 0.3) is 0 Å². The Morgan fingerprint density at radius 3 is 2.89 bits per heavy atom. The molecule has 0 fully saturated rings. The number of aliphatic carboxylic acids is 1. The summed E-state index contributed by atoms with van der Waals surface area (Å²) in [6, 6.07) is 5.27. The fourth-order valence-electron chi connectivity index (χ4n) is 1.87. The van der Waals surface area contributed by atoms with Crippen LogP contribution in [0.1, 0.15) is 20.3 Å². The number of aromatic amines is 1. The average Bonchev–Trinajstić information content (AvgIpc) is 2.64. The molecular formula is C13H16N2O4. The third-order valence-corrected chi connectivity index (χ3v) is 2.82. The molecule has 0 saturated heterocycles. The number of hydrogen-bond donors (Lipinski definition) is 3. The van der Waals surface area contributed by atoms with E-state index >= 15 is 0 Å². The van der Waals surface area contributed by atoms with Crippen molar-refractivity contribution in [3.8, 4) is 0 Å². The number of carboxylic acids is 1. The molecule has 2 rings (SSSR count). The predicted molar refractivity (Wildman–Crippen MR) is 71.4 cm³/mol. The van der Waals surface area contributed by atoms with E-state index in [2.05, 4.69) is 10.3 Å². The van der Waals surface area contributed by atoms with E-state index in [1.165, 1.54) is 0 Å². The summed E-state index contributed by atoms with van der Waals surface area (Å²) < 4.78 is 4.96. The first kappa shape index (κ1) is 13.2. The third-order valence-electron chi connectivity index (χ3n) is 2.82. The molecule has 1 heterocycles. The molecule has 6 nitrogen and oxygen atoms in total. The van der Waals surface area contributed by atoms with E-state index in [0.717, 1.165) is 5.69 Å². The molecule has 19 heavy (non-hydrogen) atoms. The zero-order valence-electron chi connectivity index (χ0n) is 10.8. The number of anilines is 1. The highest BCUT2D eigenvalue weighted by Crippen LogP contribution is 2.22. The number of oxazole rings is 1. The van der Waals surface area contributed by atoms with Crippen LogP contribution in [0.5, 0.6) is 0 Å². The molecule has 6 heteroatoms. The Morgan fingerprint density at radius 2 is 2.21 bits per heavy atom. The van der Waals surface area contributed by atoms with Crippen molar-refractivity contribution in [3.63, 3.8) is 0 Å². The molecule has 0 spiro atoms. The molecule has 0 aliphatic rings. The Balaban J connectivity index is 2.09. The smallest absolute Gasteiger partial charge is 0.417 e. The number of benzene rings is 1. The maximum absolute atomic E-state index is 11.0. The van der Waals surface area contributed by atoms with Crippen molar-refractivity contribution in [1.82, 2.24) is 4.98 Å². The Hall–Kier alpha value is -2.24. The zero-order chi connectivity index (χ0) is 14.0. The van der Waals surface area contributed by atoms with Crippen molar-refractivity contribution in [3.05, 3.63) is 28.7 Å². The number of fused-ring (bicyclic) bond motifs is 1. The summed E-state index contributed by atoms with van der Waals surface area (Å²) in [6.07, 6.45) is 0.0848. The number of rotatable bonds is 5. The van der Waals surface area contributed by atoms with Gasteiger partial charge in [-0.3, -0.25) is 9.78 Å². The SMILES string of the molecule is CC(C)(CNc1ccc2[nH]c(=O)oc2c1)CC(=O)O. The number of nitrogens with one attached hydrogen (secondary N) is 2. The Bertz CT molecular complexity index is 654. The van der Waals surface area contributed by atoms with E-state index in [9.17, 15) is 9.59 Å². The van der Waals surface area contributed by atoms with Gasteiger partial charge in [0.15, 0.2) is 5.58 Å². The van der Waals surface area contributed by atoms with Crippen molar-refractivity contribution in [2.24, 2.45) is 5.41 Å². The lowest BCUT2D eigenvalue weighted by Crippen LogP contribution is -2.26. The molecule has 0 amide bonds. The minimum atomic E-state index is -0.820. The van der Waals surface area contributed by atoms with E-state index < -0.39 is 11.7 Å². The molecule has 0 aliphatic carbocycles. The van der Waals surface area contributed by atoms with Gasteiger partial charge in [0.2, 0.25) is 0 Å². The standard InChI is InChI=1S/C13H16N2O4/c1-13(2,6-11(16)17)7-14-8-3-4-9-10(5-8)19-12(18)15-9/h3-5,14H,6-7H2,1-2H3,(H,15,18)(H,16,17). The monoisotopic (exact) mass is 264 g/mol. The molecule has 0 saturated carbocycles. The first-order valence-corrected chi connectivity index (χ1v) is 5.94. The second-order valence-electron chi connectivity index (χ2n) is 5.31. The molecule has 0 unspecified atom stereocenters. The summed E-state index contributed by atoms with van der Waals surface area (Å²) in [5.74, 6) is -1.31. The number of carboxylic acid groups (broad SMARTS) is 1. The van der Waals surface area contributed by atoms with Gasteiger partial charge in [0.1, 0.15) is 0 Å². The predicted octanol–water partition coefficient (Wildman–Crippen LogP) is 2.03. The number of carbonyl (C=O) groups is 1. The van der Waals surface area contributed by atoms with E-state index in [-0.39, 0.29) is 11.8 Å². The van der Waals surface area contributed by atoms with Crippen molar-refractivity contribution in [2.75, 3.05) is 11.9 Å². The molecule has 3 N–H and O–H groups in total. The first-order chi connectivity index (χ1) is 8.85. The number of hydrogen-bond acceptors (Lipinski definition) is 4. The lowest BCUT2D eigenvalue weighted by molar-refractivity contribution is -0.139. The number of aromatic nitrogens is 1. The third kappa shape index (κ3) is 3.37. The summed E-state index contributed by atoms with van der Waals surface area (Å²) in [5, 5.41) is 12.0. The molecular weight excluding hydrogens is 248 g/mol. The van der Waals surface area contributed by atoms with Crippen LogP contribution in [-0.4, -0.2) is 22.6 Å². The topological polar surface area (TPSA) is 95.3 Å². The number of H-pyrrole nitrogens is 1. The highest BCUT2D eigenvalue weighted by atomic mass is 16.4. The van der Waals surface area contributed by atoms with Gasteiger partial charge in [0, 0.05) is 18.3 Å². The minimum absolute atomic E-state index is 0.0848. The van der Waals surface area contributed by atoms with Crippen molar-refractivity contribution < 1.29 is 14.3 Å². The summed E-state index contributed by atoms with van der Waals surface area (Å²) in [6.45, 7) is 4.27. The summed E-state index contributed by atoms with van der Waals surface area (Å²) in [5.41, 5.74) is 1.54. The van der Waals surface area contributed by atoms with Crippen molar-refractivity contribution >= 4 is 22.8 Å². The first-order valence-electron chi connectivity index (χ1n) is 5.94. The van der Waals surface area contributed by atoms with Gasteiger partial charge in [-0.15, -0.1) is 0 Å². The molecule has 0 aliphatic heterocycles. The normalized spacial score (nSPS) is 11.7. The van der Waals surface area contributed by atoms with Crippen LogP contribution in [0.15, 0.2) is 27.4 Å². The van der Waals surface area contributed by atoms with Crippen LogP contribution in [0.3, 0.4) is 0 Å². The lowest BCUT2D eigenvalue weighted by Gasteiger charge is -2.23. The van der Waals surface area contributed by atoms with Crippen LogP contribution in [-0.2, 0) is 4.79 Å². The van der Waals surface area contributed by atoms with Crippen LogP contribution in [0, 0.1) is 5.41 Å². The van der Waals surface area contributed by atoms with Gasteiger partial charge < -0.3 is 14.8 Å². The Labute approximate surface area is 109 Å².